The van der Waals surface area contributed by atoms with E-state index in [9.17, 15) is 0 Å². The molecule has 0 radical (unpaired) electrons. The van der Waals surface area contributed by atoms with E-state index in [0.29, 0.717) is 0 Å². The summed E-state index contributed by atoms with van der Waals surface area (Å²) in [5, 5.41) is 2.88. The molecule has 0 unspecified atom stereocenters. The zero-order valence-electron chi connectivity index (χ0n) is 8.37. The molecular weight excluding hydrogens is 216 g/mol. The topological polar surface area (TPSA) is 6.48 Å². The molecule has 2 rings (SSSR count). The maximum Gasteiger partial charge on any atom is 0.0516 e. The van der Waals surface area contributed by atoms with Crippen LogP contribution < -0.4 is 0 Å². The Morgan fingerprint density at radius 3 is 2.64 bits per heavy atom. The fourth-order valence-corrected chi connectivity index (χ4v) is 2.78. The first-order valence-electron chi connectivity index (χ1n) is 4.88. The predicted molar refractivity (Wildman–Crippen MR) is 62.1 cm³/mol. The smallest absolute Gasteiger partial charge is 0.0516 e. The van der Waals surface area contributed by atoms with Crippen LogP contribution in [0.3, 0.4) is 0 Å². The number of piperazine rings is 1. The maximum absolute atomic E-state index is 5.88. The van der Waals surface area contributed by atoms with Gasteiger partial charge in [-0.2, -0.15) is 0 Å². The Labute approximate surface area is 94.1 Å². The van der Waals surface area contributed by atoms with Gasteiger partial charge in [0, 0.05) is 43.0 Å². The van der Waals surface area contributed by atoms with Gasteiger partial charge < -0.3 is 4.90 Å². The van der Waals surface area contributed by atoms with Gasteiger partial charge in [0.1, 0.15) is 0 Å². The molecule has 2 heterocycles. The molecule has 1 aromatic rings. The van der Waals surface area contributed by atoms with Gasteiger partial charge in [-0.05, 0) is 13.1 Å². The number of nitrogens with zero attached hydrogens (tertiary/aromatic N) is 2. The van der Waals surface area contributed by atoms with E-state index in [1.807, 2.05) is 5.38 Å². The van der Waals surface area contributed by atoms with Crippen LogP contribution in [0.1, 0.15) is 4.88 Å². The van der Waals surface area contributed by atoms with Crippen molar-refractivity contribution in [3.8, 4) is 0 Å². The Morgan fingerprint density at radius 2 is 2.07 bits per heavy atom. The Hall–Kier alpha value is -0.0900. The molecule has 1 aliphatic heterocycles. The van der Waals surface area contributed by atoms with Crippen LogP contribution in [-0.4, -0.2) is 43.0 Å². The molecule has 14 heavy (non-hydrogen) atoms. The quantitative estimate of drug-likeness (QED) is 0.768. The number of hydrogen-bond donors (Lipinski definition) is 0. The van der Waals surface area contributed by atoms with Crippen LogP contribution in [0.25, 0.3) is 0 Å². The summed E-state index contributed by atoms with van der Waals surface area (Å²) in [5.41, 5.74) is 0. The van der Waals surface area contributed by atoms with Gasteiger partial charge in [0.05, 0.1) is 5.02 Å². The highest BCUT2D eigenvalue weighted by Gasteiger charge is 2.14. The third kappa shape index (κ3) is 2.70. The Morgan fingerprint density at radius 1 is 1.36 bits per heavy atom. The highest BCUT2D eigenvalue weighted by Crippen LogP contribution is 2.20. The summed E-state index contributed by atoms with van der Waals surface area (Å²) in [5.74, 6) is 0. The van der Waals surface area contributed by atoms with Crippen LogP contribution in [0.15, 0.2) is 11.4 Å². The van der Waals surface area contributed by atoms with E-state index in [4.69, 9.17) is 11.6 Å². The average molecular weight is 231 g/mol. The lowest BCUT2D eigenvalue weighted by molar-refractivity contribution is 0.149. The summed E-state index contributed by atoms with van der Waals surface area (Å²) in [6.45, 7) is 5.77. The molecule has 0 N–H and O–H groups in total. The number of thiophene rings is 1. The first-order valence-corrected chi connectivity index (χ1v) is 6.13. The molecule has 0 aromatic carbocycles. The standard InChI is InChI=1S/C10H15ClN2S/c1-12-2-4-13(5-3-12)7-10-6-9(11)8-14-10/h6,8H,2-5,7H2,1H3. The summed E-state index contributed by atoms with van der Waals surface area (Å²) in [4.78, 5) is 6.24. The van der Waals surface area contributed by atoms with Gasteiger partial charge in [-0.15, -0.1) is 11.3 Å². The molecule has 1 aliphatic rings. The molecule has 0 amide bonds. The molecule has 1 aromatic heterocycles. The Kier molecular flexibility index (Phi) is 3.44. The van der Waals surface area contributed by atoms with Crippen LogP contribution in [0.5, 0.6) is 0 Å². The number of halogens is 1. The van der Waals surface area contributed by atoms with Crippen LogP contribution in [0.2, 0.25) is 5.02 Å². The molecule has 78 valence electrons. The summed E-state index contributed by atoms with van der Waals surface area (Å²) < 4.78 is 0. The minimum atomic E-state index is 0.874. The van der Waals surface area contributed by atoms with Gasteiger partial charge in [0.2, 0.25) is 0 Å². The van der Waals surface area contributed by atoms with Crippen molar-refractivity contribution in [3.63, 3.8) is 0 Å². The van der Waals surface area contributed by atoms with E-state index >= 15 is 0 Å². The Balaban J connectivity index is 1.86. The monoisotopic (exact) mass is 230 g/mol. The molecule has 1 fully saturated rings. The zero-order chi connectivity index (χ0) is 9.97. The van der Waals surface area contributed by atoms with Crippen molar-refractivity contribution < 1.29 is 0 Å². The van der Waals surface area contributed by atoms with Crippen molar-refractivity contribution in [2.45, 2.75) is 6.54 Å². The first-order chi connectivity index (χ1) is 6.74. The fraction of sp³-hybridized carbons (Fsp3) is 0.600. The minimum absolute atomic E-state index is 0.874. The summed E-state index contributed by atoms with van der Waals surface area (Å²) in [6, 6.07) is 2.07. The fourth-order valence-electron chi connectivity index (χ4n) is 1.66. The number of rotatable bonds is 2. The van der Waals surface area contributed by atoms with Crippen molar-refractivity contribution in [1.82, 2.24) is 9.80 Å². The number of hydrogen-bond acceptors (Lipinski definition) is 3. The van der Waals surface area contributed by atoms with Crippen molar-refractivity contribution in [1.29, 1.82) is 0 Å². The maximum atomic E-state index is 5.88. The van der Waals surface area contributed by atoms with Crippen molar-refractivity contribution in [2.24, 2.45) is 0 Å². The second-order valence-electron chi connectivity index (χ2n) is 3.81. The molecule has 4 heteroatoms. The SMILES string of the molecule is CN1CCN(Cc2cc(Cl)cs2)CC1. The normalized spacial score (nSPS) is 20.1. The molecule has 0 atom stereocenters. The molecule has 0 aliphatic carbocycles. The molecular formula is C10H15ClN2S. The van der Waals surface area contributed by atoms with E-state index in [0.717, 1.165) is 11.6 Å². The lowest BCUT2D eigenvalue weighted by atomic mass is 10.3. The zero-order valence-corrected chi connectivity index (χ0v) is 9.94. The highest BCUT2D eigenvalue weighted by molar-refractivity contribution is 7.10. The van der Waals surface area contributed by atoms with Gasteiger partial charge in [0.25, 0.3) is 0 Å². The highest BCUT2D eigenvalue weighted by atomic mass is 35.5. The third-order valence-electron chi connectivity index (χ3n) is 2.60. The van der Waals surface area contributed by atoms with E-state index in [1.54, 1.807) is 11.3 Å². The van der Waals surface area contributed by atoms with E-state index < -0.39 is 0 Å². The van der Waals surface area contributed by atoms with Gasteiger partial charge in [-0.25, -0.2) is 0 Å². The van der Waals surface area contributed by atoms with Gasteiger partial charge in [0.15, 0.2) is 0 Å². The average Bonchev–Trinajstić information content (AvgIpc) is 2.56. The minimum Gasteiger partial charge on any atom is -0.304 e. The van der Waals surface area contributed by atoms with Crippen LogP contribution in [0, 0.1) is 0 Å². The third-order valence-corrected chi connectivity index (χ3v) is 3.87. The molecule has 1 saturated heterocycles. The summed E-state index contributed by atoms with van der Waals surface area (Å²) in [7, 11) is 2.18. The molecule has 0 spiro atoms. The summed E-state index contributed by atoms with van der Waals surface area (Å²) >= 11 is 7.64. The number of likely N-dealkylation sites (N-methyl/N-ethyl adjacent to an activating group) is 1. The van der Waals surface area contributed by atoms with Crippen LogP contribution >= 0.6 is 22.9 Å². The van der Waals surface area contributed by atoms with Crippen LogP contribution in [0.4, 0.5) is 0 Å². The van der Waals surface area contributed by atoms with E-state index in [2.05, 4.69) is 22.9 Å². The van der Waals surface area contributed by atoms with Gasteiger partial charge in [-0.3, -0.25) is 4.90 Å². The second kappa shape index (κ2) is 4.62. The van der Waals surface area contributed by atoms with Gasteiger partial charge in [-0.1, -0.05) is 11.6 Å². The first kappa shape index (κ1) is 10.4. The van der Waals surface area contributed by atoms with Crippen LogP contribution in [-0.2, 0) is 6.54 Å². The largest absolute Gasteiger partial charge is 0.304 e. The van der Waals surface area contributed by atoms with Gasteiger partial charge >= 0.3 is 0 Å². The molecule has 0 saturated carbocycles. The van der Waals surface area contributed by atoms with Crippen molar-refractivity contribution in [3.05, 3.63) is 21.3 Å². The molecule has 2 nitrogen and oxygen atoms in total. The lowest BCUT2D eigenvalue weighted by Crippen LogP contribution is -2.43. The van der Waals surface area contributed by atoms with E-state index in [-0.39, 0.29) is 0 Å². The van der Waals surface area contributed by atoms with Crippen molar-refractivity contribution >= 4 is 22.9 Å². The Bertz CT molecular complexity index is 292. The summed E-state index contributed by atoms with van der Waals surface area (Å²) in [6.07, 6.45) is 0. The lowest BCUT2D eigenvalue weighted by Gasteiger charge is -2.31. The molecule has 0 bridgehead atoms. The van der Waals surface area contributed by atoms with E-state index in [1.165, 1.54) is 31.1 Å². The van der Waals surface area contributed by atoms with Crippen molar-refractivity contribution in [2.75, 3.05) is 33.2 Å². The second-order valence-corrected chi connectivity index (χ2v) is 5.24. The predicted octanol–water partition coefficient (Wildman–Crippen LogP) is 2.15.